The number of rotatable bonds is 2. The van der Waals surface area contributed by atoms with Crippen molar-refractivity contribution in [3.05, 3.63) is 35.4 Å². The third-order valence-corrected chi connectivity index (χ3v) is 2.28. The van der Waals surface area contributed by atoms with Gasteiger partial charge in [0.2, 0.25) is 0 Å². The number of amides is 1. The van der Waals surface area contributed by atoms with Crippen LogP contribution in [0.25, 0.3) is 0 Å². The maximum atomic E-state index is 11.6. The topological polar surface area (TPSA) is 64.6 Å². The zero-order valence-corrected chi connectivity index (χ0v) is 12.6. The smallest absolute Gasteiger partial charge is 0.408 e. The molecule has 0 heterocycles. The zero-order chi connectivity index (χ0) is 15.9. The molecule has 1 N–H and O–H groups in total. The fourth-order valence-corrected chi connectivity index (χ4v) is 1.45. The van der Waals surface area contributed by atoms with Crippen LogP contribution in [-0.2, 0) is 9.47 Å². The summed E-state index contributed by atoms with van der Waals surface area (Å²) in [6, 6.07) is 6.86. The van der Waals surface area contributed by atoms with Crippen molar-refractivity contribution in [1.82, 2.24) is 5.32 Å². The number of esters is 1. The van der Waals surface area contributed by atoms with Crippen LogP contribution in [0.4, 0.5) is 4.79 Å². The first-order valence-electron chi connectivity index (χ1n) is 6.46. The summed E-state index contributed by atoms with van der Waals surface area (Å²) in [6.45, 7) is 5.48. The molecule has 112 valence electrons. The molecular weight excluding hydrogens is 270 g/mol. The molecule has 0 aromatic heterocycles. The van der Waals surface area contributed by atoms with E-state index in [1.807, 2.05) is 0 Å². The molecule has 0 bridgehead atoms. The number of hydrogen-bond acceptors (Lipinski definition) is 4. The molecule has 5 heteroatoms. The number of carbonyl (C=O) groups is 2. The lowest BCUT2D eigenvalue weighted by Crippen LogP contribution is -2.32. The Labute approximate surface area is 124 Å². The van der Waals surface area contributed by atoms with Gasteiger partial charge in [-0.15, -0.1) is 0 Å². The van der Waals surface area contributed by atoms with Crippen LogP contribution in [-0.4, -0.2) is 31.3 Å². The molecule has 0 spiro atoms. The average molecular weight is 289 g/mol. The molecule has 0 aliphatic carbocycles. The Morgan fingerprint density at radius 2 is 1.90 bits per heavy atom. The van der Waals surface area contributed by atoms with Gasteiger partial charge in [-0.3, -0.25) is 0 Å². The van der Waals surface area contributed by atoms with Gasteiger partial charge >= 0.3 is 12.1 Å². The SMILES string of the molecule is COC(=O)c1ccccc1C#CCNC(=O)OC(C)(C)C. The van der Waals surface area contributed by atoms with Crippen LogP contribution in [0.2, 0.25) is 0 Å². The largest absolute Gasteiger partial charge is 0.465 e. The molecule has 0 saturated carbocycles. The van der Waals surface area contributed by atoms with Crippen LogP contribution in [0.15, 0.2) is 24.3 Å². The monoisotopic (exact) mass is 289 g/mol. The summed E-state index contributed by atoms with van der Waals surface area (Å²) in [6.07, 6.45) is -0.530. The van der Waals surface area contributed by atoms with Crippen LogP contribution in [0.1, 0.15) is 36.7 Å². The fourth-order valence-electron chi connectivity index (χ4n) is 1.45. The molecule has 0 fully saturated rings. The minimum absolute atomic E-state index is 0.129. The van der Waals surface area contributed by atoms with E-state index in [9.17, 15) is 9.59 Å². The van der Waals surface area contributed by atoms with E-state index < -0.39 is 17.7 Å². The van der Waals surface area contributed by atoms with E-state index in [0.29, 0.717) is 11.1 Å². The van der Waals surface area contributed by atoms with Gasteiger partial charge in [0.25, 0.3) is 0 Å². The van der Waals surface area contributed by atoms with Crippen molar-refractivity contribution in [3.63, 3.8) is 0 Å². The summed E-state index contributed by atoms with van der Waals surface area (Å²) in [4.78, 5) is 23.0. The highest BCUT2D eigenvalue weighted by molar-refractivity contribution is 5.92. The minimum atomic E-state index is -0.547. The molecule has 5 nitrogen and oxygen atoms in total. The second kappa shape index (κ2) is 7.34. The molecule has 0 saturated heterocycles. The molecule has 0 aliphatic heterocycles. The Kier molecular flexibility index (Phi) is 5.79. The Balaban J connectivity index is 2.64. The molecule has 0 radical (unpaired) electrons. The van der Waals surface area contributed by atoms with Crippen molar-refractivity contribution in [1.29, 1.82) is 0 Å². The van der Waals surface area contributed by atoms with Gasteiger partial charge in [0.1, 0.15) is 5.60 Å². The Morgan fingerprint density at radius 3 is 2.52 bits per heavy atom. The molecule has 1 amide bonds. The first-order valence-corrected chi connectivity index (χ1v) is 6.46. The van der Waals surface area contributed by atoms with Gasteiger partial charge in [-0.2, -0.15) is 0 Å². The molecule has 0 unspecified atom stereocenters. The van der Waals surface area contributed by atoms with Gasteiger partial charge < -0.3 is 14.8 Å². The van der Waals surface area contributed by atoms with Crippen molar-refractivity contribution in [2.24, 2.45) is 0 Å². The van der Waals surface area contributed by atoms with Gasteiger partial charge in [-0.25, -0.2) is 9.59 Å². The number of ether oxygens (including phenoxy) is 2. The molecule has 1 aromatic rings. The summed E-state index contributed by atoms with van der Waals surface area (Å²) < 4.78 is 9.76. The molecule has 1 rings (SSSR count). The van der Waals surface area contributed by atoms with Gasteiger partial charge in [-0.05, 0) is 32.9 Å². The molecule has 0 atom stereocenters. The van der Waals surface area contributed by atoms with Gasteiger partial charge in [0.05, 0.1) is 19.2 Å². The number of hydrogen-bond donors (Lipinski definition) is 1. The molecular formula is C16H19NO4. The zero-order valence-electron chi connectivity index (χ0n) is 12.6. The Bertz CT molecular complexity index is 576. The summed E-state index contributed by atoms with van der Waals surface area (Å²) in [5.41, 5.74) is 0.398. The van der Waals surface area contributed by atoms with E-state index in [1.54, 1.807) is 45.0 Å². The van der Waals surface area contributed by atoms with Crippen molar-refractivity contribution in [2.45, 2.75) is 26.4 Å². The van der Waals surface area contributed by atoms with Crippen molar-refractivity contribution < 1.29 is 19.1 Å². The van der Waals surface area contributed by atoms with Gasteiger partial charge in [0.15, 0.2) is 0 Å². The maximum absolute atomic E-state index is 11.6. The predicted octanol–water partition coefficient (Wildman–Crippen LogP) is 2.35. The average Bonchev–Trinajstić information content (AvgIpc) is 2.41. The molecule has 0 aliphatic rings. The van der Waals surface area contributed by atoms with Crippen molar-refractivity contribution in [3.8, 4) is 11.8 Å². The highest BCUT2D eigenvalue weighted by Gasteiger charge is 2.15. The second-order valence-electron chi connectivity index (χ2n) is 5.19. The van der Waals surface area contributed by atoms with E-state index >= 15 is 0 Å². The number of nitrogens with one attached hydrogen (secondary N) is 1. The first-order chi connectivity index (χ1) is 9.83. The van der Waals surface area contributed by atoms with E-state index in [4.69, 9.17) is 4.74 Å². The highest BCUT2D eigenvalue weighted by Crippen LogP contribution is 2.08. The van der Waals surface area contributed by atoms with E-state index in [-0.39, 0.29) is 6.54 Å². The van der Waals surface area contributed by atoms with Crippen LogP contribution in [0, 0.1) is 11.8 Å². The third-order valence-electron chi connectivity index (χ3n) is 2.28. The summed E-state index contributed by atoms with van der Waals surface area (Å²) >= 11 is 0. The number of methoxy groups -OCH3 is 1. The van der Waals surface area contributed by atoms with Crippen LogP contribution < -0.4 is 5.32 Å². The van der Waals surface area contributed by atoms with Crippen molar-refractivity contribution in [2.75, 3.05) is 13.7 Å². The molecule has 21 heavy (non-hydrogen) atoms. The fraction of sp³-hybridized carbons (Fsp3) is 0.375. The third kappa shape index (κ3) is 6.00. The molecule has 1 aromatic carbocycles. The lowest BCUT2D eigenvalue weighted by molar-refractivity contribution is 0.0533. The Morgan fingerprint density at radius 1 is 1.24 bits per heavy atom. The predicted molar refractivity (Wildman–Crippen MR) is 78.9 cm³/mol. The minimum Gasteiger partial charge on any atom is -0.465 e. The lowest BCUT2D eigenvalue weighted by atomic mass is 10.1. The van der Waals surface area contributed by atoms with Gasteiger partial charge in [0, 0.05) is 5.56 Å². The lowest BCUT2D eigenvalue weighted by Gasteiger charge is -2.19. The summed E-state index contributed by atoms with van der Waals surface area (Å²) in [7, 11) is 1.32. The number of benzene rings is 1. The van der Waals surface area contributed by atoms with Crippen molar-refractivity contribution >= 4 is 12.1 Å². The van der Waals surface area contributed by atoms with Gasteiger partial charge in [-0.1, -0.05) is 24.0 Å². The standard InChI is InChI=1S/C16H19NO4/c1-16(2,3)21-15(19)17-11-7-9-12-8-5-6-10-13(12)14(18)20-4/h5-6,8,10H,11H2,1-4H3,(H,17,19). The van der Waals surface area contributed by atoms with Crippen LogP contribution >= 0.6 is 0 Å². The first kappa shape index (κ1) is 16.6. The highest BCUT2D eigenvalue weighted by atomic mass is 16.6. The van der Waals surface area contributed by atoms with E-state index in [2.05, 4.69) is 21.9 Å². The summed E-state index contributed by atoms with van der Waals surface area (Å²) in [5, 5.41) is 2.52. The van der Waals surface area contributed by atoms with E-state index in [0.717, 1.165) is 0 Å². The quantitative estimate of drug-likeness (QED) is 0.670. The summed E-state index contributed by atoms with van der Waals surface area (Å²) in [5.74, 6) is 5.15. The van der Waals surface area contributed by atoms with Crippen LogP contribution in [0.3, 0.4) is 0 Å². The number of carbonyl (C=O) groups excluding carboxylic acids is 2. The van der Waals surface area contributed by atoms with Crippen LogP contribution in [0.5, 0.6) is 0 Å². The normalized spacial score (nSPS) is 10.1. The maximum Gasteiger partial charge on any atom is 0.408 e. The van der Waals surface area contributed by atoms with E-state index in [1.165, 1.54) is 7.11 Å². The number of alkyl carbamates (subject to hydrolysis) is 1. The Hall–Kier alpha value is -2.48. The second-order valence-corrected chi connectivity index (χ2v) is 5.19.